The summed E-state index contributed by atoms with van der Waals surface area (Å²) in [5.74, 6) is 0.948. The quantitative estimate of drug-likeness (QED) is 0.718. The number of rotatable bonds is 5. The molecule has 1 aliphatic carbocycles. The van der Waals surface area contributed by atoms with Crippen molar-refractivity contribution in [1.29, 1.82) is 0 Å². The number of ether oxygens (including phenoxy) is 1. The number of hydrogen-bond donors (Lipinski definition) is 0. The molecule has 0 radical (unpaired) electrons. The molecule has 1 saturated carbocycles. The zero-order valence-corrected chi connectivity index (χ0v) is 10.3. The molecule has 1 unspecified atom stereocenters. The van der Waals surface area contributed by atoms with Crippen molar-refractivity contribution in [3.05, 3.63) is 0 Å². The van der Waals surface area contributed by atoms with Gasteiger partial charge in [0.1, 0.15) is 6.61 Å². The van der Waals surface area contributed by atoms with Gasteiger partial charge in [0.2, 0.25) is 5.91 Å². The topological polar surface area (TPSA) is 29.5 Å². The lowest BCUT2D eigenvalue weighted by Gasteiger charge is -2.35. The number of nitrogens with zero attached hydrogens (tertiary/aromatic N) is 1. The van der Waals surface area contributed by atoms with Gasteiger partial charge in [-0.3, -0.25) is 4.79 Å². The van der Waals surface area contributed by atoms with Crippen LogP contribution in [-0.4, -0.2) is 36.6 Å². The molecule has 0 aromatic heterocycles. The van der Waals surface area contributed by atoms with E-state index in [4.69, 9.17) is 4.74 Å². The summed E-state index contributed by atoms with van der Waals surface area (Å²) < 4.78 is 5.47. The molecule has 0 bridgehead atoms. The fraction of sp³-hybridized carbons (Fsp3) is 0.923. The van der Waals surface area contributed by atoms with Crippen LogP contribution in [0.5, 0.6) is 0 Å². The van der Waals surface area contributed by atoms with Gasteiger partial charge in [0.15, 0.2) is 0 Å². The fourth-order valence-corrected chi connectivity index (χ4v) is 2.43. The SMILES string of the molecule is CCC1CCCCN1C(=O)COCC1CC1. The summed E-state index contributed by atoms with van der Waals surface area (Å²) in [6.45, 7) is 4.19. The monoisotopic (exact) mass is 225 g/mol. The summed E-state index contributed by atoms with van der Waals surface area (Å²) in [6.07, 6.45) is 7.25. The van der Waals surface area contributed by atoms with E-state index in [0.29, 0.717) is 12.6 Å². The first-order chi connectivity index (χ1) is 7.81. The Kier molecular flexibility index (Phi) is 4.22. The second-order valence-corrected chi connectivity index (χ2v) is 5.10. The third-order valence-corrected chi connectivity index (χ3v) is 3.69. The predicted octanol–water partition coefficient (Wildman–Crippen LogP) is 2.20. The molecule has 0 aromatic carbocycles. The first kappa shape index (κ1) is 11.9. The molecule has 1 heterocycles. The van der Waals surface area contributed by atoms with Crippen LogP contribution in [0.1, 0.15) is 45.4 Å². The summed E-state index contributed by atoms with van der Waals surface area (Å²) >= 11 is 0. The van der Waals surface area contributed by atoms with Crippen LogP contribution in [0.25, 0.3) is 0 Å². The van der Waals surface area contributed by atoms with Gasteiger partial charge in [-0.2, -0.15) is 0 Å². The summed E-state index contributed by atoms with van der Waals surface area (Å²) in [5, 5.41) is 0. The van der Waals surface area contributed by atoms with Gasteiger partial charge in [-0.15, -0.1) is 0 Å². The Morgan fingerprint density at radius 2 is 2.12 bits per heavy atom. The van der Waals surface area contributed by atoms with Crippen molar-refractivity contribution >= 4 is 5.91 Å². The number of hydrogen-bond acceptors (Lipinski definition) is 2. The minimum absolute atomic E-state index is 0.201. The highest BCUT2D eigenvalue weighted by Gasteiger charge is 2.26. The van der Waals surface area contributed by atoms with Gasteiger partial charge in [-0.25, -0.2) is 0 Å². The van der Waals surface area contributed by atoms with Crippen LogP contribution in [-0.2, 0) is 9.53 Å². The van der Waals surface area contributed by atoms with Crippen LogP contribution in [0, 0.1) is 5.92 Å². The van der Waals surface area contributed by atoms with Gasteiger partial charge in [-0.05, 0) is 44.4 Å². The molecule has 1 atom stereocenters. The molecular formula is C13H23NO2. The number of amides is 1. The Labute approximate surface area is 98.1 Å². The first-order valence-electron chi connectivity index (χ1n) is 6.68. The summed E-state index contributed by atoms with van der Waals surface area (Å²) in [4.78, 5) is 14.0. The van der Waals surface area contributed by atoms with Crippen molar-refractivity contribution in [2.45, 2.75) is 51.5 Å². The number of piperidine rings is 1. The molecule has 1 saturated heterocycles. The molecule has 16 heavy (non-hydrogen) atoms. The van der Waals surface area contributed by atoms with Crippen molar-refractivity contribution in [3.8, 4) is 0 Å². The number of carbonyl (C=O) groups excluding carboxylic acids is 1. The summed E-state index contributed by atoms with van der Waals surface area (Å²) in [7, 11) is 0. The Balaban J connectivity index is 1.72. The minimum Gasteiger partial charge on any atom is -0.371 e. The molecule has 3 nitrogen and oxygen atoms in total. The Hall–Kier alpha value is -0.570. The molecule has 92 valence electrons. The van der Waals surface area contributed by atoms with Crippen molar-refractivity contribution in [3.63, 3.8) is 0 Å². The maximum atomic E-state index is 12.0. The third kappa shape index (κ3) is 3.21. The van der Waals surface area contributed by atoms with Crippen LogP contribution < -0.4 is 0 Å². The number of likely N-dealkylation sites (tertiary alicyclic amines) is 1. The van der Waals surface area contributed by atoms with Gasteiger partial charge in [0.25, 0.3) is 0 Å². The predicted molar refractivity (Wildman–Crippen MR) is 63.2 cm³/mol. The van der Waals surface area contributed by atoms with E-state index in [1.54, 1.807) is 0 Å². The van der Waals surface area contributed by atoms with E-state index in [1.165, 1.54) is 25.7 Å². The molecule has 3 heteroatoms. The molecule has 2 rings (SSSR count). The highest BCUT2D eigenvalue weighted by Crippen LogP contribution is 2.28. The van der Waals surface area contributed by atoms with E-state index in [0.717, 1.165) is 31.9 Å². The van der Waals surface area contributed by atoms with Crippen LogP contribution in [0.2, 0.25) is 0 Å². The maximum absolute atomic E-state index is 12.0. The van der Waals surface area contributed by atoms with Gasteiger partial charge in [-0.1, -0.05) is 6.92 Å². The Bertz CT molecular complexity index is 238. The lowest BCUT2D eigenvalue weighted by atomic mass is 10.00. The van der Waals surface area contributed by atoms with Crippen molar-refractivity contribution in [2.24, 2.45) is 5.92 Å². The summed E-state index contributed by atoms with van der Waals surface area (Å²) in [6, 6.07) is 0.464. The zero-order valence-electron chi connectivity index (χ0n) is 10.3. The summed E-state index contributed by atoms with van der Waals surface area (Å²) in [5.41, 5.74) is 0. The average molecular weight is 225 g/mol. The molecule has 0 aromatic rings. The Morgan fingerprint density at radius 3 is 2.81 bits per heavy atom. The lowest BCUT2D eigenvalue weighted by Crippen LogP contribution is -2.45. The van der Waals surface area contributed by atoms with Crippen molar-refractivity contribution in [2.75, 3.05) is 19.8 Å². The zero-order chi connectivity index (χ0) is 11.4. The van der Waals surface area contributed by atoms with Crippen molar-refractivity contribution < 1.29 is 9.53 Å². The van der Waals surface area contributed by atoms with E-state index in [-0.39, 0.29) is 5.91 Å². The molecule has 0 N–H and O–H groups in total. The second kappa shape index (κ2) is 5.67. The van der Waals surface area contributed by atoms with Gasteiger partial charge >= 0.3 is 0 Å². The van der Waals surface area contributed by atoms with E-state index < -0.39 is 0 Å². The highest BCUT2D eigenvalue weighted by molar-refractivity contribution is 5.77. The Morgan fingerprint density at radius 1 is 1.31 bits per heavy atom. The molecular weight excluding hydrogens is 202 g/mol. The smallest absolute Gasteiger partial charge is 0.248 e. The van der Waals surface area contributed by atoms with Crippen LogP contribution in [0.4, 0.5) is 0 Å². The van der Waals surface area contributed by atoms with Gasteiger partial charge in [0.05, 0.1) is 6.61 Å². The van der Waals surface area contributed by atoms with E-state index in [1.807, 2.05) is 4.90 Å². The van der Waals surface area contributed by atoms with E-state index >= 15 is 0 Å². The largest absolute Gasteiger partial charge is 0.371 e. The van der Waals surface area contributed by atoms with Gasteiger partial charge in [0, 0.05) is 12.6 Å². The number of carbonyl (C=O) groups is 1. The average Bonchev–Trinajstić information content (AvgIpc) is 3.13. The maximum Gasteiger partial charge on any atom is 0.248 e. The lowest BCUT2D eigenvalue weighted by molar-refractivity contribution is -0.140. The molecule has 0 spiro atoms. The van der Waals surface area contributed by atoms with Crippen LogP contribution in [0.15, 0.2) is 0 Å². The fourth-order valence-electron chi connectivity index (χ4n) is 2.43. The highest BCUT2D eigenvalue weighted by atomic mass is 16.5. The second-order valence-electron chi connectivity index (χ2n) is 5.10. The standard InChI is InChI=1S/C13H23NO2/c1-2-12-5-3-4-8-14(12)13(15)10-16-9-11-6-7-11/h11-12H,2-10H2,1H3. The first-order valence-corrected chi connectivity index (χ1v) is 6.68. The van der Waals surface area contributed by atoms with Crippen LogP contribution in [0.3, 0.4) is 0 Å². The molecule has 2 aliphatic rings. The molecule has 2 fully saturated rings. The van der Waals surface area contributed by atoms with Gasteiger partial charge < -0.3 is 9.64 Å². The van der Waals surface area contributed by atoms with Crippen molar-refractivity contribution in [1.82, 2.24) is 4.90 Å². The third-order valence-electron chi connectivity index (χ3n) is 3.69. The van der Waals surface area contributed by atoms with Crippen LogP contribution >= 0.6 is 0 Å². The van der Waals surface area contributed by atoms with E-state index in [2.05, 4.69) is 6.92 Å². The molecule has 1 aliphatic heterocycles. The molecule has 1 amide bonds. The normalized spacial score (nSPS) is 25.8. The minimum atomic E-state index is 0.201. The van der Waals surface area contributed by atoms with E-state index in [9.17, 15) is 4.79 Å².